The lowest BCUT2D eigenvalue weighted by molar-refractivity contribution is 0.0895. The molecule has 170 valence electrons. The van der Waals surface area contributed by atoms with E-state index < -0.39 is 0 Å². The van der Waals surface area contributed by atoms with E-state index in [0.29, 0.717) is 11.7 Å². The molecule has 1 aliphatic heterocycles. The highest BCUT2D eigenvalue weighted by Gasteiger charge is 2.35. The minimum absolute atomic E-state index is 0.113. The van der Waals surface area contributed by atoms with Crippen molar-refractivity contribution in [3.05, 3.63) is 59.2 Å². The van der Waals surface area contributed by atoms with E-state index in [9.17, 15) is 4.79 Å². The number of nitrogens with zero attached hydrogens (tertiary/aromatic N) is 1. The lowest BCUT2D eigenvalue weighted by Crippen LogP contribution is -2.34. The fraction of sp³-hybridized carbons (Fsp3) is 0.536. The number of carbonyl (C=O) groups excluding carboxylic acids is 1. The number of ketones is 1. The van der Waals surface area contributed by atoms with E-state index in [-0.39, 0.29) is 12.0 Å². The maximum atomic E-state index is 13.3. The Balaban J connectivity index is 1.19. The van der Waals surface area contributed by atoms with Crippen LogP contribution in [0.25, 0.3) is 0 Å². The SMILES string of the molecule is COc1cc2c(cc1OC1CCCC1)C(=O)C(CC1CCN(Cc3ccccc3)CC1)C2. The highest BCUT2D eigenvalue weighted by atomic mass is 16.5. The lowest BCUT2D eigenvalue weighted by atomic mass is 9.85. The molecule has 32 heavy (non-hydrogen) atoms. The van der Waals surface area contributed by atoms with Crippen molar-refractivity contribution < 1.29 is 14.3 Å². The van der Waals surface area contributed by atoms with Crippen LogP contribution >= 0.6 is 0 Å². The molecule has 1 saturated carbocycles. The van der Waals surface area contributed by atoms with Crippen molar-refractivity contribution in [1.82, 2.24) is 4.90 Å². The van der Waals surface area contributed by atoms with E-state index in [2.05, 4.69) is 41.3 Å². The van der Waals surface area contributed by atoms with Gasteiger partial charge in [-0.05, 0) is 93.6 Å². The Morgan fingerprint density at radius 3 is 2.44 bits per heavy atom. The zero-order valence-electron chi connectivity index (χ0n) is 19.2. The maximum Gasteiger partial charge on any atom is 0.166 e. The summed E-state index contributed by atoms with van der Waals surface area (Å²) in [6.07, 6.45) is 9.13. The van der Waals surface area contributed by atoms with Crippen molar-refractivity contribution in [2.24, 2.45) is 11.8 Å². The number of hydrogen-bond donors (Lipinski definition) is 0. The molecule has 4 heteroatoms. The van der Waals surface area contributed by atoms with Crippen molar-refractivity contribution in [2.75, 3.05) is 20.2 Å². The number of rotatable bonds is 7. The van der Waals surface area contributed by atoms with Gasteiger partial charge in [0.2, 0.25) is 0 Å². The molecule has 1 heterocycles. The number of piperidine rings is 1. The number of likely N-dealkylation sites (tertiary alicyclic amines) is 1. The fourth-order valence-corrected chi connectivity index (χ4v) is 5.83. The van der Waals surface area contributed by atoms with Gasteiger partial charge in [-0.1, -0.05) is 30.3 Å². The summed E-state index contributed by atoms with van der Waals surface area (Å²) in [4.78, 5) is 15.8. The number of benzene rings is 2. The molecule has 5 rings (SSSR count). The molecular formula is C28H35NO3. The second-order valence-electron chi connectivity index (χ2n) is 9.89. The monoisotopic (exact) mass is 433 g/mol. The summed E-state index contributed by atoms with van der Waals surface area (Å²) in [6.45, 7) is 3.28. The van der Waals surface area contributed by atoms with Crippen LogP contribution < -0.4 is 9.47 Å². The number of carbonyl (C=O) groups is 1. The maximum absolute atomic E-state index is 13.3. The van der Waals surface area contributed by atoms with Crippen molar-refractivity contribution >= 4 is 5.78 Å². The number of Topliss-reactive ketones (excluding diaryl/α,β-unsaturated/α-hetero) is 1. The summed E-state index contributed by atoms with van der Waals surface area (Å²) in [5.74, 6) is 2.59. The summed E-state index contributed by atoms with van der Waals surface area (Å²) in [7, 11) is 1.70. The quantitative estimate of drug-likeness (QED) is 0.564. The van der Waals surface area contributed by atoms with Crippen LogP contribution in [0.3, 0.4) is 0 Å². The van der Waals surface area contributed by atoms with Crippen LogP contribution in [0.2, 0.25) is 0 Å². The normalized spacial score (nSPS) is 22.3. The fourth-order valence-electron chi connectivity index (χ4n) is 5.83. The second-order valence-corrected chi connectivity index (χ2v) is 9.89. The minimum Gasteiger partial charge on any atom is -0.493 e. The molecule has 3 aliphatic rings. The van der Waals surface area contributed by atoms with E-state index >= 15 is 0 Å². The van der Waals surface area contributed by atoms with Gasteiger partial charge in [0.1, 0.15) is 0 Å². The average Bonchev–Trinajstić information content (AvgIpc) is 3.43. The Morgan fingerprint density at radius 1 is 0.969 bits per heavy atom. The van der Waals surface area contributed by atoms with Crippen molar-refractivity contribution in [3.8, 4) is 11.5 Å². The molecule has 0 radical (unpaired) electrons. The molecule has 2 aromatic carbocycles. The van der Waals surface area contributed by atoms with Crippen LogP contribution in [0, 0.1) is 11.8 Å². The summed E-state index contributed by atoms with van der Waals surface area (Å²) < 4.78 is 11.9. The van der Waals surface area contributed by atoms with Gasteiger partial charge in [-0.2, -0.15) is 0 Å². The molecule has 1 unspecified atom stereocenters. The first kappa shape index (κ1) is 21.5. The van der Waals surface area contributed by atoms with E-state index in [1.165, 1.54) is 31.2 Å². The molecule has 2 aromatic rings. The van der Waals surface area contributed by atoms with Gasteiger partial charge in [0.15, 0.2) is 17.3 Å². The molecule has 1 saturated heterocycles. The van der Waals surface area contributed by atoms with Crippen LogP contribution in [0.4, 0.5) is 0 Å². The first-order valence-electron chi connectivity index (χ1n) is 12.4. The van der Waals surface area contributed by atoms with Crippen LogP contribution in [0.15, 0.2) is 42.5 Å². The predicted molar refractivity (Wildman–Crippen MR) is 126 cm³/mol. The first-order chi connectivity index (χ1) is 15.7. The third-order valence-electron chi connectivity index (χ3n) is 7.66. The lowest BCUT2D eigenvalue weighted by Gasteiger charge is -2.32. The van der Waals surface area contributed by atoms with Gasteiger partial charge < -0.3 is 9.47 Å². The highest BCUT2D eigenvalue weighted by molar-refractivity contribution is 6.02. The number of fused-ring (bicyclic) bond motifs is 1. The molecule has 2 aliphatic carbocycles. The van der Waals surface area contributed by atoms with E-state index in [1.54, 1.807) is 7.11 Å². The summed E-state index contributed by atoms with van der Waals surface area (Å²) in [5.41, 5.74) is 3.39. The summed E-state index contributed by atoms with van der Waals surface area (Å²) >= 11 is 0. The number of ether oxygens (including phenoxy) is 2. The van der Waals surface area contributed by atoms with Gasteiger partial charge in [-0.3, -0.25) is 9.69 Å². The predicted octanol–water partition coefficient (Wildman–Crippen LogP) is 5.67. The Hall–Kier alpha value is -2.33. The van der Waals surface area contributed by atoms with Crippen LogP contribution in [-0.2, 0) is 13.0 Å². The molecule has 0 aromatic heterocycles. The van der Waals surface area contributed by atoms with Crippen molar-refractivity contribution in [2.45, 2.75) is 64.0 Å². The van der Waals surface area contributed by atoms with Gasteiger partial charge in [0.25, 0.3) is 0 Å². The highest BCUT2D eigenvalue weighted by Crippen LogP contribution is 2.41. The summed E-state index contributed by atoms with van der Waals surface area (Å²) in [6, 6.07) is 14.7. The second kappa shape index (κ2) is 9.66. The van der Waals surface area contributed by atoms with Crippen molar-refractivity contribution in [3.63, 3.8) is 0 Å². The van der Waals surface area contributed by atoms with Crippen LogP contribution in [-0.4, -0.2) is 37.0 Å². The number of hydrogen-bond acceptors (Lipinski definition) is 4. The molecule has 0 spiro atoms. The Labute approximate surface area is 191 Å². The minimum atomic E-state index is 0.113. The van der Waals surface area contributed by atoms with Crippen LogP contribution in [0.5, 0.6) is 11.5 Å². The van der Waals surface area contributed by atoms with E-state index in [1.807, 2.05) is 6.07 Å². The Morgan fingerprint density at radius 2 is 1.72 bits per heavy atom. The smallest absolute Gasteiger partial charge is 0.166 e. The molecule has 0 amide bonds. The molecule has 1 atom stereocenters. The standard InChI is InChI=1S/C28H35NO3/c1-31-26-17-22-16-23(28(30)25(22)18-27(26)32-24-9-5-6-10-24)15-20-11-13-29(14-12-20)19-21-7-3-2-4-8-21/h2-4,7-8,17-18,20,23-24H,5-6,9-16,19H2,1H3. The van der Waals surface area contributed by atoms with E-state index in [4.69, 9.17) is 9.47 Å². The van der Waals surface area contributed by atoms with Gasteiger partial charge in [-0.25, -0.2) is 0 Å². The molecule has 0 bridgehead atoms. The van der Waals surface area contributed by atoms with Gasteiger partial charge in [0, 0.05) is 18.0 Å². The average molecular weight is 434 g/mol. The van der Waals surface area contributed by atoms with Gasteiger partial charge >= 0.3 is 0 Å². The largest absolute Gasteiger partial charge is 0.493 e. The van der Waals surface area contributed by atoms with Gasteiger partial charge in [0.05, 0.1) is 13.2 Å². The number of methoxy groups -OCH3 is 1. The third-order valence-corrected chi connectivity index (χ3v) is 7.66. The topological polar surface area (TPSA) is 38.8 Å². The molecule has 4 nitrogen and oxygen atoms in total. The Bertz CT molecular complexity index is 927. The van der Waals surface area contributed by atoms with Gasteiger partial charge in [-0.15, -0.1) is 0 Å². The van der Waals surface area contributed by atoms with E-state index in [0.717, 1.165) is 67.9 Å². The van der Waals surface area contributed by atoms with Crippen LogP contribution in [0.1, 0.15) is 66.4 Å². The molecular weight excluding hydrogens is 398 g/mol. The zero-order valence-corrected chi connectivity index (χ0v) is 19.2. The van der Waals surface area contributed by atoms with Crippen molar-refractivity contribution in [1.29, 1.82) is 0 Å². The zero-order chi connectivity index (χ0) is 21.9. The Kier molecular flexibility index (Phi) is 6.49. The third kappa shape index (κ3) is 4.71. The summed E-state index contributed by atoms with van der Waals surface area (Å²) in [5, 5.41) is 0. The molecule has 0 N–H and O–H groups in total. The first-order valence-corrected chi connectivity index (χ1v) is 12.4. The molecule has 2 fully saturated rings.